The number of amides is 1. The summed E-state index contributed by atoms with van der Waals surface area (Å²) in [6.07, 6.45) is 0. The molecule has 1 rings (SSSR count). The van der Waals surface area contributed by atoms with Crippen LogP contribution in [0.5, 0.6) is 0 Å². The smallest absolute Gasteiger partial charge is 0.290 e. The maximum absolute atomic E-state index is 11.7. The van der Waals surface area contributed by atoms with Crippen molar-refractivity contribution in [1.29, 1.82) is 0 Å². The molecule has 1 aromatic rings. The second-order valence-electron chi connectivity index (χ2n) is 3.21. The average molecular weight is 310 g/mol. The van der Waals surface area contributed by atoms with Crippen molar-refractivity contribution in [2.45, 2.75) is 4.90 Å². The fraction of sp³-hybridized carbons (Fsp3) is 0.125. The summed E-state index contributed by atoms with van der Waals surface area (Å²) >= 11 is 5.54. The number of carbonyl (C=O) groups excluding carboxylic acids is 1. The fourth-order valence-corrected chi connectivity index (χ4v) is 2.21. The molecule has 0 spiro atoms. The van der Waals surface area contributed by atoms with Crippen molar-refractivity contribution in [1.82, 2.24) is 4.89 Å². The van der Waals surface area contributed by atoms with E-state index in [4.69, 9.17) is 17.3 Å². The lowest BCUT2D eigenvalue weighted by Gasteiger charge is -2.06. The van der Waals surface area contributed by atoms with Crippen LogP contribution in [0.2, 0.25) is 5.02 Å². The summed E-state index contributed by atoms with van der Waals surface area (Å²) < 4.78 is 23.4. The first-order chi connectivity index (χ1) is 8.74. The van der Waals surface area contributed by atoms with Crippen LogP contribution in [-0.4, -0.2) is 25.9 Å². The number of hydrogen-bond acceptors (Lipinski definition) is 6. The van der Waals surface area contributed by atoms with E-state index in [1.807, 2.05) is 0 Å². The van der Waals surface area contributed by atoms with E-state index >= 15 is 0 Å². The molecule has 0 saturated heterocycles. The Morgan fingerprint density at radius 1 is 1.53 bits per heavy atom. The summed E-state index contributed by atoms with van der Waals surface area (Å²) in [6, 6.07) is 2.98. The number of benzene rings is 1. The van der Waals surface area contributed by atoms with Gasteiger partial charge in [-0.25, -0.2) is 8.42 Å². The molecule has 0 saturated carbocycles. The van der Waals surface area contributed by atoms with E-state index in [9.17, 15) is 23.3 Å². The maximum atomic E-state index is 11.7. The Morgan fingerprint density at radius 2 is 2.16 bits per heavy atom. The van der Waals surface area contributed by atoms with Crippen LogP contribution in [0.15, 0.2) is 23.1 Å². The van der Waals surface area contributed by atoms with Crippen LogP contribution in [-0.2, 0) is 19.7 Å². The summed E-state index contributed by atoms with van der Waals surface area (Å²) in [5.41, 5.74) is 4.01. The van der Waals surface area contributed by atoms with Gasteiger partial charge in [0, 0.05) is 11.1 Å². The quantitative estimate of drug-likeness (QED) is 0.557. The highest BCUT2D eigenvalue weighted by molar-refractivity contribution is 7.89. The molecule has 0 aliphatic rings. The van der Waals surface area contributed by atoms with Gasteiger partial charge in [-0.3, -0.25) is 19.7 Å². The standard InChI is InChI=1S/C8H8ClN3O6S/c9-5-1-2-7(6(3-5)12(14)15)19(16,17)11-18-4-8(10)13/h1-3,11H,4H2,(H2,10,13). The Morgan fingerprint density at radius 3 is 2.68 bits per heavy atom. The lowest BCUT2D eigenvalue weighted by Crippen LogP contribution is -2.29. The minimum absolute atomic E-state index is 0.00343. The number of nitro benzene ring substituents is 1. The Balaban J connectivity index is 3.07. The third-order valence-corrected chi connectivity index (χ3v) is 3.29. The van der Waals surface area contributed by atoms with Gasteiger partial charge >= 0.3 is 0 Å². The van der Waals surface area contributed by atoms with Gasteiger partial charge in [0.25, 0.3) is 15.7 Å². The Kier molecular flexibility index (Phi) is 4.78. The lowest BCUT2D eigenvalue weighted by atomic mass is 10.3. The number of hydrogen-bond donors (Lipinski definition) is 2. The van der Waals surface area contributed by atoms with E-state index in [1.165, 1.54) is 0 Å². The number of nitrogens with zero attached hydrogens (tertiary/aromatic N) is 1. The first-order valence-corrected chi connectivity index (χ1v) is 6.46. The van der Waals surface area contributed by atoms with Gasteiger partial charge in [-0.15, -0.1) is 0 Å². The highest BCUT2D eigenvalue weighted by atomic mass is 35.5. The minimum Gasteiger partial charge on any atom is -0.368 e. The number of rotatable bonds is 6. The van der Waals surface area contributed by atoms with Crippen molar-refractivity contribution in [3.05, 3.63) is 33.3 Å². The highest BCUT2D eigenvalue weighted by Crippen LogP contribution is 2.26. The van der Waals surface area contributed by atoms with Crippen LogP contribution in [0, 0.1) is 10.1 Å². The zero-order valence-corrected chi connectivity index (χ0v) is 10.8. The maximum Gasteiger partial charge on any atom is 0.290 e. The van der Waals surface area contributed by atoms with Crippen LogP contribution >= 0.6 is 11.6 Å². The number of primary amides is 1. The molecule has 1 amide bonds. The molecule has 9 nitrogen and oxygen atoms in total. The monoisotopic (exact) mass is 309 g/mol. The van der Waals surface area contributed by atoms with Gasteiger partial charge in [-0.1, -0.05) is 16.5 Å². The van der Waals surface area contributed by atoms with Gasteiger partial charge in [0.2, 0.25) is 5.91 Å². The van der Waals surface area contributed by atoms with E-state index in [2.05, 4.69) is 4.84 Å². The van der Waals surface area contributed by atoms with Gasteiger partial charge in [0.05, 0.1) is 4.92 Å². The van der Waals surface area contributed by atoms with Crippen LogP contribution < -0.4 is 10.6 Å². The second-order valence-corrected chi connectivity index (χ2v) is 5.26. The third kappa shape index (κ3) is 4.13. The van der Waals surface area contributed by atoms with Gasteiger partial charge in [-0.2, -0.15) is 0 Å². The molecule has 0 heterocycles. The molecule has 1 aromatic carbocycles. The number of nitrogens with two attached hydrogens (primary N) is 1. The number of nitro groups is 1. The largest absolute Gasteiger partial charge is 0.368 e. The molecular formula is C8H8ClN3O6S. The highest BCUT2D eigenvalue weighted by Gasteiger charge is 2.26. The SMILES string of the molecule is NC(=O)CONS(=O)(=O)c1ccc(Cl)cc1[N+](=O)[O-]. The van der Waals surface area contributed by atoms with E-state index < -0.39 is 38.0 Å². The van der Waals surface area contributed by atoms with Crippen molar-refractivity contribution in [2.24, 2.45) is 5.73 Å². The van der Waals surface area contributed by atoms with E-state index in [1.54, 1.807) is 4.89 Å². The number of nitrogens with one attached hydrogen (secondary N) is 1. The van der Waals surface area contributed by atoms with Gasteiger partial charge < -0.3 is 5.73 Å². The molecule has 104 valence electrons. The zero-order chi connectivity index (χ0) is 14.6. The van der Waals surface area contributed by atoms with Crippen molar-refractivity contribution in [2.75, 3.05) is 6.61 Å². The molecule has 0 fully saturated rings. The van der Waals surface area contributed by atoms with Crippen molar-refractivity contribution >= 4 is 33.2 Å². The van der Waals surface area contributed by atoms with E-state index in [0.717, 1.165) is 18.2 Å². The number of sulfonamides is 1. The Bertz CT molecular complexity index is 617. The first-order valence-electron chi connectivity index (χ1n) is 4.60. The molecule has 0 aliphatic heterocycles. The molecule has 19 heavy (non-hydrogen) atoms. The van der Waals surface area contributed by atoms with Gasteiger partial charge in [0.15, 0.2) is 4.90 Å². The van der Waals surface area contributed by atoms with Gasteiger partial charge in [-0.05, 0) is 12.1 Å². The molecule has 0 unspecified atom stereocenters. The van der Waals surface area contributed by atoms with Crippen LogP contribution in [0.1, 0.15) is 0 Å². The van der Waals surface area contributed by atoms with E-state index in [-0.39, 0.29) is 5.02 Å². The average Bonchev–Trinajstić information content (AvgIpc) is 2.27. The molecule has 11 heteroatoms. The topological polar surface area (TPSA) is 142 Å². The second kappa shape index (κ2) is 5.93. The zero-order valence-electron chi connectivity index (χ0n) is 9.20. The molecule has 0 atom stereocenters. The molecule has 0 radical (unpaired) electrons. The summed E-state index contributed by atoms with van der Waals surface area (Å²) in [5, 5.41) is 10.7. The summed E-state index contributed by atoms with van der Waals surface area (Å²) in [5.74, 6) is -0.909. The molecule has 0 aromatic heterocycles. The van der Waals surface area contributed by atoms with Crippen LogP contribution in [0.4, 0.5) is 5.69 Å². The minimum atomic E-state index is -4.33. The predicted molar refractivity (Wildman–Crippen MR) is 63.6 cm³/mol. The Labute approximate surface area is 112 Å². The molecule has 0 aliphatic carbocycles. The van der Waals surface area contributed by atoms with Crippen molar-refractivity contribution in [3.63, 3.8) is 0 Å². The Hall–Kier alpha value is -1.75. The van der Waals surface area contributed by atoms with Crippen molar-refractivity contribution < 1.29 is 23.0 Å². The van der Waals surface area contributed by atoms with E-state index in [0.29, 0.717) is 0 Å². The van der Waals surface area contributed by atoms with Crippen molar-refractivity contribution in [3.8, 4) is 0 Å². The predicted octanol–water partition coefficient (Wildman–Crippen LogP) is -0.0566. The van der Waals surface area contributed by atoms with Crippen LogP contribution in [0.3, 0.4) is 0 Å². The lowest BCUT2D eigenvalue weighted by molar-refractivity contribution is -0.387. The normalized spacial score (nSPS) is 11.2. The summed E-state index contributed by atoms with van der Waals surface area (Å²) in [6.45, 7) is -0.708. The molecule has 0 bridgehead atoms. The number of carbonyl (C=O) groups is 1. The molecule has 3 N–H and O–H groups in total. The first kappa shape index (κ1) is 15.3. The molecular weight excluding hydrogens is 302 g/mol. The third-order valence-electron chi connectivity index (χ3n) is 1.79. The van der Waals surface area contributed by atoms with Gasteiger partial charge in [0.1, 0.15) is 6.61 Å². The van der Waals surface area contributed by atoms with Crippen LogP contribution in [0.25, 0.3) is 0 Å². The summed E-state index contributed by atoms with van der Waals surface area (Å²) in [7, 11) is -4.33. The summed E-state index contributed by atoms with van der Waals surface area (Å²) in [4.78, 5) is 25.4. The number of halogens is 1. The fourth-order valence-electron chi connectivity index (χ4n) is 1.08.